The van der Waals surface area contributed by atoms with E-state index < -0.39 is 0 Å². The molecule has 2 aromatic carbocycles. The fraction of sp³-hybridized carbons (Fsp3) is 0.235. The van der Waals surface area contributed by atoms with Crippen LogP contribution in [-0.2, 0) is 11.4 Å². The Labute approximate surface area is 135 Å². The number of para-hydroxylation sites is 1. The number of anilines is 2. The predicted molar refractivity (Wildman–Crippen MR) is 90.4 cm³/mol. The highest BCUT2D eigenvalue weighted by Gasteiger charge is 2.08. The van der Waals surface area contributed by atoms with Gasteiger partial charge in [0.1, 0.15) is 0 Å². The molecule has 0 heterocycles. The summed E-state index contributed by atoms with van der Waals surface area (Å²) in [7, 11) is 0. The van der Waals surface area contributed by atoms with Crippen LogP contribution in [0.3, 0.4) is 0 Å². The lowest BCUT2D eigenvalue weighted by atomic mass is 10.1. The van der Waals surface area contributed by atoms with E-state index in [-0.39, 0.29) is 19.1 Å². The topological polar surface area (TPSA) is 61.4 Å². The molecule has 0 aliphatic heterocycles. The molecule has 116 valence electrons. The van der Waals surface area contributed by atoms with Crippen LogP contribution in [0.15, 0.2) is 36.4 Å². The molecular formula is C17H19ClN2O2. The molecule has 0 aliphatic rings. The number of benzene rings is 2. The number of nitrogens with one attached hydrogen (secondary N) is 2. The Morgan fingerprint density at radius 1 is 1.18 bits per heavy atom. The van der Waals surface area contributed by atoms with Crippen LogP contribution in [-0.4, -0.2) is 17.6 Å². The largest absolute Gasteiger partial charge is 0.392 e. The van der Waals surface area contributed by atoms with E-state index in [0.29, 0.717) is 10.7 Å². The van der Waals surface area contributed by atoms with Crippen molar-refractivity contribution in [2.75, 3.05) is 17.2 Å². The van der Waals surface area contributed by atoms with Gasteiger partial charge < -0.3 is 15.7 Å². The van der Waals surface area contributed by atoms with Gasteiger partial charge in [0.15, 0.2) is 0 Å². The number of halogens is 1. The molecule has 0 saturated heterocycles. The smallest absolute Gasteiger partial charge is 0.243 e. The number of aliphatic hydroxyl groups is 1. The van der Waals surface area contributed by atoms with Gasteiger partial charge in [0.2, 0.25) is 5.91 Å². The third kappa shape index (κ3) is 4.00. The van der Waals surface area contributed by atoms with Crippen LogP contribution < -0.4 is 10.6 Å². The van der Waals surface area contributed by atoms with E-state index in [1.165, 1.54) is 0 Å². The van der Waals surface area contributed by atoms with E-state index in [2.05, 4.69) is 10.6 Å². The lowest BCUT2D eigenvalue weighted by Crippen LogP contribution is -2.22. The second-order valence-electron chi connectivity index (χ2n) is 5.14. The minimum atomic E-state index is -0.150. The van der Waals surface area contributed by atoms with Crippen molar-refractivity contribution in [1.29, 1.82) is 0 Å². The summed E-state index contributed by atoms with van der Waals surface area (Å²) < 4.78 is 0. The number of amides is 1. The van der Waals surface area contributed by atoms with Crippen LogP contribution in [0.1, 0.15) is 16.7 Å². The van der Waals surface area contributed by atoms with E-state index in [9.17, 15) is 4.79 Å². The summed E-state index contributed by atoms with van der Waals surface area (Å²) in [4.78, 5) is 12.1. The van der Waals surface area contributed by atoms with E-state index >= 15 is 0 Å². The molecule has 0 atom stereocenters. The SMILES string of the molecule is Cc1cccc(C)c1NC(=O)CNc1cc(CO)ccc1Cl. The van der Waals surface area contributed by atoms with Crippen LogP contribution in [0.25, 0.3) is 0 Å². The zero-order chi connectivity index (χ0) is 16.1. The van der Waals surface area contributed by atoms with Crippen LogP contribution in [0.4, 0.5) is 11.4 Å². The van der Waals surface area contributed by atoms with Gasteiger partial charge >= 0.3 is 0 Å². The zero-order valence-electron chi connectivity index (χ0n) is 12.6. The van der Waals surface area contributed by atoms with Gasteiger partial charge in [-0.05, 0) is 42.7 Å². The summed E-state index contributed by atoms with van der Waals surface area (Å²) >= 11 is 6.07. The average Bonchev–Trinajstić information content (AvgIpc) is 2.50. The Bertz CT molecular complexity index is 666. The molecule has 4 nitrogen and oxygen atoms in total. The number of aliphatic hydroxyl groups excluding tert-OH is 1. The lowest BCUT2D eigenvalue weighted by Gasteiger charge is -2.13. The molecule has 0 saturated carbocycles. The first-order valence-corrected chi connectivity index (χ1v) is 7.38. The maximum absolute atomic E-state index is 12.1. The third-order valence-corrected chi connectivity index (χ3v) is 3.73. The molecule has 5 heteroatoms. The minimum absolute atomic E-state index is 0.0690. The van der Waals surface area contributed by atoms with Crippen molar-refractivity contribution in [2.45, 2.75) is 20.5 Å². The fourth-order valence-corrected chi connectivity index (χ4v) is 2.36. The molecule has 2 aromatic rings. The molecule has 0 bridgehead atoms. The van der Waals surface area contributed by atoms with Gasteiger partial charge in [-0.2, -0.15) is 0 Å². The Morgan fingerprint density at radius 2 is 1.86 bits per heavy atom. The monoisotopic (exact) mass is 318 g/mol. The first-order chi connectivity index (χ1) is 10.5. The first-order valence-electron chi connectivity index (χ1n) is 7.00. The second-order valence-corrected chi connectivity index (χ2v) is 5.55. The van der Waals surface area contributed by atoms with Gasteiger partial charge in [0.25, 0.3) is 0 Å². The average molecular weight is 319 g/mol. The Balaban J connectivity index is 2.01. The summed E-state index contributed by atoms with van der Waals surface area (Å²) in [6, 6.07) is 11.0. The van der Waals surface area contributed by atoms with Crippen molar-refractivity contribution in [3.63, 3.8) is 0 Å². The molecule has 2 rings (SSSR count). The normalized spacial score (nSPS) is 10.4. The summed E-state index contributed by atoms with van der Waals surface area (Å²) in [6.45, 7) is 3.94. The van der Waals surface area contributed by atoms with E-state index in [1.54, 1.807) is 18.2 Å². The molecule has 0 unspecified atom stereocenters. The van der Waals surface area contributed by atoms with Crippen LogP contribution >= 0.6 is 11.6 Å². The standard InChI is InChI=1S/C17H19ClN2O2/c1-11-4-3-5-12(2)17(11)20-16(22)9-19-15-8-13(10-21)6-7-14(15)18/h3-8,19,21H,9-10H2,1-2H3,(H,20,22). The van der Waals surface area contributed by atoms with Crippen molar-refractivity contribution < 1.29 is 9.90 Å². The van der Waals surface area contributed by atoms with Gasteiger partial charge in [-0.15, -0.1) is 0 Å². The van der Waals surface area contributed by atoms with Gasteiger partial charge in [-0.1, -0.05) is 35.9 Å². The van der Waals surface area contributed by atoms with Crippen molar-refractivity contribution in [1.82, 2.24) is 0 Å². The highest BCUT2D eigenvalue weighted by Crippen LogP contribution is 2.23. The summed E-state index contributed by atoms with van der Waals surface area (Å²) in [6.07, 6.45) is 0. The van der Waals surface area contributed by atoms with E-state index in [4.69, 9.17) is 16.7 Å². The van der Waals surface area contributed by atoms with Crippen LogP contribution in [0.5, 0.6) is 0 Å². The van der Waals surface area contributed by atoms with Crippen LogP contribution in [0.2, 0.25) is 5.02 Å². The Morgan fingerprint density at radius 3 is 2.50 bits per heavy atom. The van der Waals surface area contributed by atoms with Crippen molar-refractivity contribution in [3.8, 4) is 0 Å². The second kappa shape index (κ2) is 7.29. The Kier molecular flexibility index (Phi) is 5.41. The molecule has 3 N–H and O–H groups in total. The van der Waals surface area contributed by atoms with E-state index in [0.717, 1.165) is 22.4 Å². The van der Waals surface area contributed by atoms with Gasteiger partial charge in [0.05, 0.1) is 23.9 Å². The van der Waals surface area contributed by atoms with Gasteiger partial charge in [-0.3, -0.25) is 4.79 Å². The fourth-order valence-electron chi connectivity index (χ4n) is 2.18. The molecule has 0 aliphatic carbocycles. The number of hydrogen-bond donors (Lipinski definition) is 3. The first kappa shape index (κ1) is 16.3. The van der Waals surface area contributed by atoms with Crippen LogP contribution in [0, 0.1) is 13.8 Å². The van der Waals surface area contributed by atoms with Gasteiger partial charge in [0, 0.05) is 5.69 Å². The number of aryl methyl sites for hydroxylation is 2. The van der Waals surface area contributed by atoms with Gasteiger partial charge in [-0.25, -0.2) is 0 Å². The molecular weight excluding hydrogens is 300 g/mol. The molecule has 0 fully saturated rings. The number of carbonyl (C=O) groups excluding carboxylic acids is 1. The molecule has 22 heavy (non-hydrogen) atoms. The maximum atomic E-state index is 12.1. The molecule has 0 aromatic heterocycles. The number of rotatable bonds is 5. The summed E-state index contributed by atoms with van der Waals surface area (Å²) in [5.41, 5.74) is 4.25. The zero-order valence-corrected chi connectivity index (χ0v) is 13.4. The van der Waals surface area contributed by atoms with Crippen molar-refractivity contribution >= 4 is 28.9 Å². The minimum Gasteiger partial charge on any atom is -0.392 e. The van der Waals surface area contributed by atoms with E-state index in [1.807, 2.05) is 32.0 Å². The number of carbonyl (C=O) groups is 1. The van der Waals surface area contributed by atoms with Crippen molar-refractivity contribution in [3.05, 3.63) is 58.1 Å². The highest BCUT2D eigenvalue weighted by atomic mass is 35.5. The lowest BCUT2D eigenvalue weighted by molar-refractivity contribution is -0.114. The quantitative estimate of drug-likeness (QED) is 0.790. The summed E-state index contributed by atoms with van der Waals surface area (Å²) in [5.74, 6) is -0.150. The molecule has 0 spiro atoms. The third-order valence-electron chi connectivity index (χ3n) is 3.40. The van der Waals surface area contributed by atoms with Crippen molar-refractivity contribution in [2.24, 2.45) is 0 Å². The summed E-state index contributed by atoms with van der Waals surface area (Å²) in [5, 5.41) is 15.5. The number of hydrogen-bond acceptors (Lipinski definition) is 3. The Hall–Kier alpha value is -2.04. The molecule has 0 radical (unpaired) electrons. The molecule has 1 amide bonds. The highest BCUT2D eigenvalue weighted by molar-refractivity contribution is 6.33. The predicted octanol–water partition coefficient (Wildman–Crippen LogP) is 3.50. The maximum Gasteiger partial charge on any atom is 0.243 e.